The molecule has 6 heteroatoms. The molecule has 1 aromatic rings. The molecule has 0 aromatic heterocycles. The maximum atomic E-state index is 12.5. The van der Waals surface area contributed by atoms with E-state index in [0.717, 1.165) is 6.54 Å². The summed E-state index contributed by atoms with van der Waals surface area (Å²) in [5, 5.41) is 9.24. The van der Waals surface area contributed by atoms with Gasteiger partial charge in [-0.2, -0.15) is 0 Å². The maximum Gasteiger partial charge on any atom is 0.265 e. The van der Waals surface area contributed by atoms with E-state index in [1.165, 1.54) is 38.5 Å². The minimum atomic E-state index is -0.599. The highest BCUT2D eigenvalue weighted by Crippen LogP contribution is 2.33. The summed E-state index contributed by atoms with van der Waals surface area (Å²) in [7, 11) is 0. The van der Waals surface area contributed by atoms with Crippen LogP contribution in [0.1, 0.15) is 55.8 Å². The van der Waals surface area contributed by atoms with Gasteiger partial charge in [-0.05, 0) is 31.9 Å². The van der Waals surface area contributed by atoms with Crippen molar-refractivity contribution in [2.24, 2.45) is 0 Å². The molecule has 136 valence electrons. The van der Waals surface area contributed by atoms with Crippen LogP contribution in [-0.2, 0) is 4.79 Å². The number of carbonyl (C=O) groups is 2. The molecule has 1 heterocycles. The number of anilines is 1. The second-order valence-electron chi connectivity index (χ2n) is 6.83. The van der Waals surface area contributed by atoms with Crippen LogP contribution < -0.4 is 20.7 Å². The van der Waals surface area contributed by atoms with Gasteiger partial charge >= 0.3 is 0 Å². The average molecular weight is 345 g/mol. The van der Waals surface area contributed by atoms with Gasteiger partial charge in [0.2, 0.25) is 0 Å². The van der Waals surface area contributed by atoms with Gasteiger partial charge in [0.15, 0.2) is 11.9 Å². The van der Waals surface area contributed by atoms with E-state index in [2.05, 4.69) is 16.0 Å². The third-order valence-corrected chi connectivity index (χ3v) is 4.88. The predicted molar refractivity (Wildman–Crippen MR) is 97.0 cm³/mol. The molecule has 6 nitrogen and oxygen atoms in total. The Morgan fingerprint density at radius 3 is 2.72 bits per heavy atom. The largest absolute Gasteiger partial charge is 0.478 e. The molecule has 1 aliphatic heterocycles. The summed E-state index contributed by atoms with van der Waals surface area (Å²) in [4.78, 5) is 24.2. The van der Waals surface area contributed by atoms with Crippen molar-refractivity contribution in [1.82, 2.24) is 10.6 Å². The Hall–Kier alpha value is -2.08. The van der Waals surface area contributed by atoms with Gasteiger partial charge in [-0.15, -0.1) is 0 Å². The second kappa shape index (κ2) is 8.34. The highest BCUT2D eigenvalue weighted by molar-refractivity contribution is 6.03. The van der Waals surface area contributed by atoms with Crippen molar-refractivity contribution in [3.8, 4) is 5.75 Å². The fourth-order valence-electron chi connectivity index (χ4n) is 3.44. The van der Waals surface area contributed by atoms with Gasteiger partial charge in [-0.25, -0.2) is 0 Å². The molecule has 1 aromatic carbocycles. The van der Waals surface area contributed by atoms with Crippen LogP contribution in [0.15, 0.2) is 18.2 Å². The number of fused-ring (bicyclic) bond motifs is 1. The van der Waals surface area contributed by atoms with E-state index in [9.17, 15) is 9.59 Å². The van der Waals surface area contributed by atoms with Crippen LogP contribution in [0.5, 0.6) is 5.75 Å². The Morgan fingerprint density at radius 1 is 1.20 bits per heavy atom. The predicted octanol–water partition coefficient (Wildman–Crippen LogP) is 2.45. The highest BCUT2D eigenvalue weighted by Gasteiger charge is 2.27. The minimum absolute atomic E-state index is 0.178. The first-order chi connectivity index (χ1) is 12.1. The molecule has 25 heavy (non-hydrogen) atoms. The second-order valence-corrected chi connectivity index (χ2v) is 6.83. The molecule has 2 aliphatic rings. The Morgan fingerprint density at radius 2 is 1.96 bits per heavy atom. The molecule has 1 fully saturated rings. The molecular formula is C19H27N3O3. The standard InChI is InChI=1S/C19H27N3O3/c1-13-18(23)22-16-10-6-9-15(17(16)25-13)19(24)21-12-11-20-14-7-4-2-3-5-8-14/h6,9-10,13-14,20H,2-5,7-8,11-12H2,1H3,(H,21,24)(H,22,23). The summed E-state index contributed by atoms with van der Waals surface area (Å²) >= 11 is 0. The first kappa shape index (κ1) is 17.7. The van der Waals surface area contributed by atoms with Crippen molar-refractivity contribution < 1.29 is 14.3 Å². The quantitative estimate of drug-likeness (QED) is 0.566. The van der Waals surface area contributed by atoms with Gasteiger partial charge in [-0.1, -0.05) is 31.7 Å². The zero-order valence-corrected chi connectivity index (χ0v) is 14.8. The zero-order chi connectivity index (χ0) is 17.6. The minimum Gasteiger partial charge on any atom is -0.478 e. The molecule has 1 unspecified atom stereocenters. The van der Waals surface area contributed by atoms with E-state index in [1.54, 1.807) is 25.1 Å². The lowest BCUT2D eigenvalue weighted by Crippen LogP contribution is -2.38. The normalized spacial score (nSPS) is 20.8. The van der Waals surface area contributed by atoms with Crippen molar-refractivity contribution in [3.05, 3.63) is 23.8 Å². The molecule has 0 saturated heterocycles. The fraction of sp³-hybridized carbons (Fsp3) is 0.579. The van der Waals surface area contributed by atoms with E-state index >= 15 is 0 Å². The van der Waals surface area contributed by atoms with Crippen LogP contribution in [0.4, 0.5) is 5.69 Å². The molecular weight excluding hydrogens is 318 g/mol. The number of ether oxygens (including phenoxy) is 1. The monoisotopic (exact) mass is 345 g/mol. The number of hydrogen-bond donors (Lipinski definition) is 3. The van der Waals surface area contributed by atoms with Crippen LogP contribution in [0.25, 0.3) is 0 Å². The van der Waals surface area contributed by atoms with E-state index < -0.39 is 6.10 Å². The van der Waals surface area contributed by atoms with Gasteiger partial charge in [0.05, 0.1) is 11.3 Å². The van der Waals surface area contributed by atoms with E-state index in [4.69, 9.17) is 4.74 Å². The Kier molecular flexibility index (Phi) is 5.91. The van der Waals surface area contributed by atoms with Crippen molar-refractivity contribution in [2.45, 2.75) is 57.6 Å². The lowest BCUT2D eigenvalue weighted by molar-refractivity contribution is -0.122. The molecule has 3 rings (SSSR count). The molecule has 0 radical (unpaired) electrons. The average Bonchev–Trinajstić information content (AvgIpc) is 2.88. The van der Waals surface area contributed by atoms with Crippen molar-refractivity contribution in [2.75, 3.05) is 18.4 Å². The highest BCUT2D eigenvalue weighted by atomic mass is 16.5. The van der Waals surface area contributed by atoms with Crippen molar-refractivity contribution in [1.29, 1.82) is 0 Å². The van der Waals surface area contributed by atoms with Crippen LogP contribution in [-0.4, -0.2) is 37.0 Å². The summed E-state index contributed by atoms with van der Waals surface area (Å²) in [6, 6.07) is 5.78. The number of carbonyl (C=O) groups excluding carboxylic acids is 2. The maximum absolute atomic E-state index is 12.5. The summed E-state index contributed by atoms with van der Waals surface area (Å²) in [5.74, 6) is 0.0735. The number of para-hydroxylation sites is 1. The number of nitrogens with one attached hydrogen (secondary N) is 3. The SMILES string of the molecule is CC1Oc2c(cccc2C(=O)NCCNC2CCCCCC2)NC1=O. The third-order valence-electron chi connectivity index (χ3n) is 4.88. The van der Waals surface area contributed by atoms with Crippen LogP contribution in [0.2, 0.25) is 0 Å². The molecule has 1 saturated carbocycles. The molecule has 1 atom stereocenters. The topological polar surface area (TPSA) is 79.5 Å². The Labute approximate surface area is 148 Å². The lowest BCUT2D eigenvalue weighted by Gasteiger charge is -2.25. The lowest BCUT2D eigenvalue weighted by atomic mass is 10.1. The fourth-order valence-corrected chi connectivity index (χ4v) is 3.44. The number of hydrogen-bond acceptors (Lipinski definition) is 4. The smallest absolute Gasteiger partial charge is 0.265 e. The van der Waals surface area contributed by atoms with E-state index in [0.29, 0.717) is 29.6 Å². The summed E-state index contributed by atoms with van der Waals surface area (Å²) in [5.41, 5.74) is 1.01. The Balaban J connectivity index is 1.52. The Bertz CT molecular complexity index is 624. The molecule has 1 aliphatic carbocycles. The van der Waals surface area contributed by atoms with Crippen molar-refractivity contribution >= 4 is 17.5 Å². The number of benzene rings is 1. The molecule has 0 spiro atoms. The van der Waals surface area contributed by atoms with Gasteiger partial charge in [0, 0.05) is 19.1 Å². The number of rotatable bonds is 5. The number of amides is 2. The van der Waals surface area contributed by atoms with E-state index in [1.807, 2.05) is 0 Å². The first-order valence-corrected chi connectivity index (χ1v) is 9.27. The van der Waals surface area contributed by atoms with Crippen LogP contribution in [0.3, 0.4) is 0 Å². The van der Waals surface area contributed by atoms with Gasteiger partial charge in [0.1, 0.15) is 0 Å². The third kappa shape index (κ3) is 4.51. The van der Waals surface area contributed by atoms with E-state index in [-0.39, 0.29) is 11.8 Å². The first-order valence-electron chi connectivity index (χ1n) is 9.27. The van der Waals surface area contributed by atoms with Crippen LogP contribution >= 0.6 is 0 Å². The van der Waals surface area contributed by atoms with Crippen molar-refractivity contribution in [3.63, 3.8) is 0 Å². The van der Waals surface area contributed by atoms with Gasteiger partial charge in [-0.3, -0.25) is 9.59 Å². The van der Waals surface area contributed by atoms with Gasteiger partial charge < -0.3 is 20.7 Å². The molecule has 0 bridgehead atoms. The summed E-state index contributed by atoms with van der Waals surface area (Å²) in [6.45, 7) is 3.00. The summed E-state index contributed by atoms with van der Waals surface area (Å²) in [6.07, 6.45) is 7.12. The molecule has 2 amide bonds. The summed E-state index contributed by atoms with van der Waals surface area (Å²) < 4.78 is 5.62. The zero-order valence-electron chi connectivity index (χ0n) is 14.8. The van der Waals surface area contributed by atoms with Crippen LogP contribution in [0, 0.1) is 0 Å². The van der Waals surface area contributed by atoms with Gasteiger partial charge in [0.25, 0.3) is 11.8 Å². The molecule has 3 N–H and O–H groups in total.